The van der Waals surface area contributed by atoms with Gasteiger partial charge in [0.2, 0.25) is 11.8 Å². The molecule has 0 spiro atoms. The Bertz CT molecular complexity index is 360. The molecule has 0 radical (unpaired) electrons. The molecular weight excluding hydrogens is 178 g/mol. The zero-order valence-electron chi connectivity index (χ0n) is 8.12. The summed E-state index contributed by atoms with van der Waals surface area (Å²) in [7, 11) is 0. The molecule has 1 saturated heterocycles. The molecule has 3 heteroatoms. The van der Waals surface area contributed by atoms with Crippen LogP contribution >= 0.6 is 0 Å². The SMILES string of the molecule is CC12C=CC(CC1)C1C(=O)NC(=O)C12. The fraction of sp³-hybridized carbons (Fsp3) is 0.636. The monoisotopic (exact) mass is 191 g/mol. The van der Waals surface area contributed by atoms with E-state index >= 15 is 0 Å². The molecule has 1 aliphatic heterocycles. The second-order valence-electron chi connectivity index (χ2n) is 4.92. The van der Waals surface area contributed by atoms with Gasteiger partial charge in [0.1, 0.15) is 0 Å². The van der Waals surface area contributed by atoms with Crippen LogP contribution in [0.15, 0.2) is 12.2 Å². The first kappa shape index (κ1) is 8.21. The quantitative estimate of drug-likeness (QED) is 0.456. The van der Waals surface area contributed by atoms with E-state index in [0.29, 0.717) is 5.92 Å². The average molecular weight is 191 g/mol. The second kappa shape index (κ2) is 2.27. The summed E-state index contributed by atoms with van der Waals surface area (Å²) in [6.07, 6.45) is 6.36. The number of imide groups is 1. The van der Waals surface area contributed by atoms with E-state index in [9.17, 15) is 9.59 Å². The lowest BCUT2D eigenvalue weighted by Crippen LogP contribution is -2.45. The van der Waals surface area contributed by atoms with Gasteiger partial charge in [-0.25, -0.2) is 0 Å². The van der Waals surface area contributed by atoms with Crippen molar-refractivity contribution >= 4 is 11.8 Å². The number of hydrogen-bond donors (Lipinski definition) is 1. The number of rotatable bonds is 0. The Morgan fingerprint density at radius 2 is 2.21 bits per heavy atom. The molecule has 1 N–H and O–H groups in total. The van der Waals surface area contributed by atoms with E-state index in [2.05, 4.69) is 24.4 Å². The molecule has 74 valence electrons. The minimum atomic E-state index is -0.0984. The Labute approximate surface area is 82.6 Å². The summed E-state index contributed by atoms with van der Waals surface area (Å²) in [5, 5.41) is 2.47. The topological polar surface area (TPSA) is 46.2 Å². The normalized spacial score (nSPS) is 49.4. The fourth-order valence-corrected chi connectivity index (χ4v) is 3.31. The van der Waals surface area contributed by atoms with Gasteiger partial charge < -0.3 is 0 Å². The lowest BCUT2D eigenvalue weighted by atomic mass is 9.56. The molecule has 4 unspecified atom stereocenters. The molecule has 0 aromatic rings. The number of allylic oxidation sites excluding steroid dienone is 2. The predicted octanol–water partition coefficient (Wildman–Crippen LogP) is 0.861. The largest absolute Gasteiger partial charge is 0.296 e. The van der Waals surface area contributed by atoms with Crippen LogP contribution < -0.4 is 5.32 Å². The van der Waals surface area contributed by atoms with E-state index in [1.54, 1.807) is 0 Å². The highest BCUT2D eigenvalue weighted by Crippen LogP contribution is 2.54. The number of carbonyl (C=O) groups excluding carboxylic acids is 2. The standard InChI is InChI=1S/C11H13NO2/c1-11-4-2-6(3-5-11)7-8(11)10(14)12-9(7)13/h2,4,6-8H,3,5H2,1H3,(H,12,13,14). The molecule has 2 bridgehead atoms. The number of carbonyl (C=O) groups is 2. The van der Waals surface area contributed by atoms with Crippen LogP contribution in [0.1, 0.15) is 19.8 Å². The first-order valence-corrected chi connectivity index (χ1v) is 5.16. The molecule has 4 aliphatic rings. The summed E-state index contributed by atoms with van der Waals surface area (Å²) in [5.74, 6) is 0.00935. The lowest BCUT2D eigenvalue weighted by molar-refractivity contribution is -0.128. The third-order valence-electron chi connectivity index (χ3n) is 4.10. The van der Waals surface area contributed by atoms with Crippen molar-refractivity contribution in [3.63, 3.8) is 0 Å². The van der Waals surface area contributed by atoms with Crippen LogP contribution in [0.5, 0.6) is 0 Å². The minimum absolute atomic E-state index is 0.0553. The molecule has 0 aromatic carbocycles. The summed E-state index contributed by atoms with van der Waals surface area (Å²) in [6, 6.07) is 0. The van der Waals surface area contributed by atoms with E-state index in [1.807, 2.05) is 0 Å². The van der Waals surface area contributed by atoms with Gasteiger partial charge in [0.15, 0.2) is 0 Å². The van der Waals surface area contributed by atoms with Crippen molar-refractivity contribution in [3.05, 3.63) is 12.2 Å². The Balaban J connectivity index is 2.13. The van der Waals surface area contributed by atoms with Crippen LogP contribution in [0.4, 0.5) is 0 Å². The Kier molecular flexibility index (Phi) is 1.33. The summed E-state index contributed by atoms with van der Waals surface area (Å²) < 4.78 is 0. The molecule has 4 rings (SSSR count). The highest BCUT2D eigenvalue weighted by molar-refractivity contribution is 6.06. The van der Waals surface area contributed by atoms with Crippen molar-refractivity contribution in [2.75, 3.05) is 0 Å². The summed E-state index contributed by atoms with van der Waals surface area (Å²) >= 11 is 0. The highest BCUT2D eigenvalue weighted by atomic mass is 16.2. The van der Waals surface area contributed by atoms with Crippen molar-refractivity contribution in [2.45, 2.75) is 19.8 Å². The Hall–Kier alpha value is -1.12. The maximum Gasteiger partial charge on any atom is 0.231 e. The number of amides is 2. The van der Waals surface area contributed by atoms with Crippen molar-refractivity contribution in [3.8, 4) is 0 Å². The van der Waals surface area contributed by atoms with Crippen LogP contribution in [0, 0.1) is 23.2 Å². The van der Waals surface area contributed by atoms with Crippen molar-refractivity contribution in [2.24, 2.45) is 23.2 Å². The van der Waals surface area contributed by atoms with Crippen molar-refractivity contribution in [1.29, 1.82) is 0 Å². The van der Waals surface area contributed by atoms with Gasteiger partial charge in [0.05, 0.1) is 11.8 Å². The number of fused-ring (bicyclic) bond motifs is 1. The predicted molar refractivity (Wildman–Crippen MR) is 50.1 cm³/mol. The molecule has 1 saturated carbocycles. The maximum atomic E-state index is 11.6. The van der Waals surface area contributed by atoms with Gasteiger partial charge in [-0.15, -0.1) is 0 Å². The Morgan fingerprint density at radius 3 is 2.79 bits per heavy atom. The average Bonchev–Trinajstić information content (AvgIpc) is 2.45. The summed E-state index contributed by atoms with van der Waals surface area (Å²) in [6.45, 7) is 2.09. The van der Waals surface area contributed by atoms with Gasteiger partial charge in [-0.3, -0.25) is 14.9 Å². The zero-order valence-corrected chi connectivity index (χ0v) is 8.12. The van der Waals surface area contributed by atoms with Crippen LogP contribution in [0.3, 0.4) is 0 Å². The second-order valence-corrected chi connectivity index (χ2v) is 4.92. The summed E-state index contributed by atoms with van der Waals surface area (Å²) in [5.41, 5.74) is -0.0737. The van der Waals surface area contributed by atoms with E-state index < -0.39 is 0 Å². The van der Waals surface area contributed by atoms with Crippen LogP contribution in [0.25, 0.3) is 0 Å². The molecule has 4 atom stereocenters. The van der Waals surface area contributed by atoms with E-state index in [0.717, 1.165) is 12.8 Å². The molecule has 3 aliphatic carbocycles. The molecule has 3 nitrogen and oxygen atoms in total. The molecule has 0 aromatic heterocycles. The number of nitrogens with one attached hydrogen (secondary N) is 1. The van der Waals surface area contributed by atoms with Gasteiger partial charge in [-0.1, -0.05) is 19.1 Å². The first-order valence-electron chi connectivity index (χ1n) is 5.16. The fourth-order valence-electron chi connectivity index (χ4n) is 3.31. The molecule has 14 heavy (non-hydrogen) atoms. The summed E-state index contributed by atoms with van der Waals surface area (Å²) in [4.78, 5) is 23.2. The lowest BCUT2D eigenvalue weighted by Gasteiger charge is -2.46. The highest BCUT2D eigenvalue weighted by Gasteiger charge is 2.57. The molecule has 2 fully saturated rings. The van der Waals surface area contributed by atoms with Gasteiger partial charge >= 0.3 is 0 Å². The number of hydrogen-bond acceptors (Lipinski definition) is 2. The van der Waals surface area contributed by atoms with E-state index in [4.69, 9.17) is 0 Å². The van der Waals surface area contributed by atoms with Gasteiger partial charge in [-0.05, 0) is 24.2 Å². The van der Waals surface area contributed by atoms with Crippen LogP contribution in [-0.2, 0) is 9.59 Å². The zero-order chi connectivity index (χ0) is 9.92. The van der Waals surface area contributed by atoms with Crippen LogP contribution in [-0.4, -0.2) is 11.8 Å². The third-order valence-corrected chi connectivity index (χ3v) is 4.10. The van der Waals surface area contributed by atoms with Crippen molar-refractivity contribution < 1.29 is 9.59 Å². The molecular formula is C11H13NO2. The van der Waals surface area contributed by atoms with Gasteiger partial charge in [0, 0.05) is 0 Å². The van der Waals surface area contributed by atoms with Crippen LogP contribution in [0.2, 0.25) is 0 Å². The van der Waals surface area contributed by atoms with E-state index in [-0.39, 0.29) is 29.1 Å². The minimum Gasteiger partial charge on any atom is -0.296 e. The smallest absolute Gasteiger partial charge is 0.231 e. The van der Waals surface area contributed by atoms with Crippen molar-refractivity contribution in [1.82, 2.24) is 5.32 Å². The Morgan fingerprint density at radius 1 is 1.43 bits per heavy atom. The maximum absolute atomic E-state index is 11.6. The first-order chi connectivity index (χ1) is 6.62. The molecule has 1 heterocycles. The van der Waals surface area contributed by atoms with E-state index in [1.165, 1.54) is 0 Å². The van der Waals surface area contributed by atoms with Gasteiger partial charge in [-0.2, -0.15) is 0 Å². The molecule has 2 amide bonds. The van der Waals surface area contributed by atoms with Gasteiger partial charge in [0.25, 0.3) is 0 Å². The third kappa shape index (κ3) is 0.781.